The summed E-state index contributed by atoms with van der Waals surface area (Å²) in [5.74, 6) is 1.70. The molecule has 1 aliphatic rings. The molecule has 1 aromatic heterocycles. The van der Waals surface area contributed by atoms with Gasteiger partial charge >= 0.3 is 0 Å². The maximum atomic E-state index is 9.94. The van der Waals surface area contributed by atoms with Gasteiger partial charge in [-0.25, -0.2) is 0 Å². The fourth-order valence-corrected chi connectivity index (χ4v) is 4.11. The molecule has 0 aliphatic carbocycles. The van der Waals surface area contributed by atoms with Crippen molar-refractivity contribution in [1.82, 2.24) is 10.2 Å². The fraction of sp³-hybridized carbons (Fsp3) is 0.280. The topological polar surface area (TPSA) is 106 Å². The Balaban J connectivity index is 1.87. The first-order valence-corrected chi connectivity index (χ1v) is 10.4. The van der Waals surface area contributed by atoms with Crippen LogP contribution in [0.4, 0.5) is 0 Å². The largest absolute Gasteiger partial charge is 0.497 e. The quantitative estimate of drug-likeness (QED) is 0.596. The average molecular weight is 431 g/mol. The van der Waals surface area contributed by atoms with Crippen molar-refractivity contribution in [3.05, 3.63) is 70.6 Å². The summed E-state index contributed by atoms with van der Waals surface area (Å²) >= 11 is 0. The van der Waals surface area contributed by atoms with Crippen LogP contribution >= 0.6 is 0 Å². The third kappa shape index (κ3) is 3.76. The van der Waals surface area contributed by atoms with E-state index in [1.807, 2.05) is 12.1 Å². The zero-order valence-electron chi connectivity index (χ0n) is 18.6. The van der Waals surface area contributed by atoms with Crippen molar-refractivity contribution in [3.63, 3.8) is 0 Å². The zero-order chi connectivity index (χ0) is 22.8. The van der Waals surface area contributed by atoms with Gasteiger partial charge in [-0.2, -0.15) is 5.26 Å². The van der Waals surface area contributed by atoms with Gasteiger partial charge < -0.3 is 19.9 Å². The van der Waals surface area contributed by atoms with E-state index < -0.39 is 5.92 Å². The molecule has 164 valence electrons. The van der Waals surface area contributed by atoms with Gasteiger partial charge in [-0.05, 0) is 24.0 Å². The smallest absolute Gasteiger partial charge is 0.244 e. The van der Waals surface area contributed by atoms with Crippen LogP contribution in [0, 0.1) is 17.2 Å². The molecule has 0 radical (unpaired) electrons. The summed E-state index contributed by atoms with van der Waals surface area (Å²) in [5, 5.41) is 17.4. The number of aromatic nitrogens is 2. The minimum absolute atomic E-state index is 0.0354. The molecule has 32 heavy (non-hydrogen) atoms. The van der Waals surface area contributed by atoms with Gasteiger partial charge in [0.2, 0.25) is 11.8 Å². The van der Waals surface area contributed by atoms with Crippen molar-refractivity contribution in [2.24, 2.45) is 11.7 Å². The summed E-state index contributed by atoms with van der Waals surface area (Å²) in [5.41, 5.74) is 10.9. The average Bonchev–Trinajstić information content (AvgIpc) is 3.21. The number of nitriles is 1. The first-order valence-electron chi connectivity index (χ1n) is 10.4. The number of nitrogens with zero attached hydrogens (tertiary/aromatic N) is 2. The van der Waals surface area contributed by atoms with Crippen molar-refractivity contribution in [2.75, 3.05) is 14.2 Å². The second-order valence-electron chi connectivity index (χ2n) is 8.15. The summed E-state index contributed by atoms with van der Waals surface area (Å²) in [7, 11) is 3.18. The van der Waals surface area contributed by atoms with Crippen LogP contribution in [0.1, 0.15) is 36.5 Å². The van der Waals surface area contributed by atoms with Crippen LogP contribution in [0.15, 0.2) is 53.9 Å². The van der Waals surface area contributed by atoms with Gasteiger partial charge in [-0.1, -0.05) is 44.2 Å². The SMILES string of the molecule is COc1ccc([C@@H]2C(C#N)=C(N)Oc3n[nH]c(-c4ccc(CC(C)C)cc4)c32)c(OC)c1. The summed E-state index contributed by atoms with van der Waals surface area (Å²) in [6.45, 7) is 4.40. The molecule has 0 fully saturated rings. The lowest BCUT2D eigenvalue weighted by atomic mass is 9.82. The third-order valence-electron chi connectivity index (χ3n) is 5.58. The maximum Gasteiger partial charge on any atom is 0.244 e. The van der Waals surface area contributed by atoms with Crippen LogP contribution in [0.5, 0.6) is 17.4 Å². The Kier molecular flexibility index (Phi) is 5.78. The highest BCUT2D eigenvalue weighted by atomic mass is 16.5. The van der Waals surface area contributed by atoms with E-state index in [-0.39, 0.29) is 5.88 Å². The molecule has 2 heterocycles. The molecule has 1 aliphatic heterocycles. The Morgan fingerprint density at radius 1 is 1.16 bits per heavy atom. The molecular weight excluding hydrogens is 404 g/mol. The van der Waals surface area contributed by atoms with Crippen molar-refractivity contribution in [1.29, 1.82) is 5.26 Å². The highest BCUT2D eigenvalue weighted by Crippen LogP contribution is 2.48. The number of nitrogens with one attached hydrogen (secondary N) is 1. The molecule has 0 amide bonds. The van der Waals surface area contributed by atoms with E-state index in [1.54, 1.807) is 20.3 Å². The molecule has 4 rings (SSSR count). The Bertz CT molecular complexity index is 1200. The molecule has 3 N–H and O–H groups in total. The van der Waals surface area contributed by atoms with Crippen molar-refractivity contribution < 1.29 is 14.2 Å². The van der Waals surface area contributed by atoms with Crippen LogP contribution < -0.4 is 19.9 Å². The third-order valence-corrected chi connectivity index (χ3v) is 5.58. The molecule has 7 heteroatoms. The lowest BCUT2D eigenvalue weighted by Gasteiger charge is -2.25. The predicted octanol–water partition coefficient (Wildman–Crippen LogP) is 4.51. The first kappa shape index (κ1) is 21.3. The number of fused-ring (bicyclic) bond motifs is 1. The number of methoxy groups -OCH3 is 2. The van der Waals surface area contributed by atoms with E-state index in [9.17, 15) is 5.26 Å². The lowest BCUT2D eigenvalue weighted by molar-refractivity contribution is 0.373. The summed E-state index contributed by atoms with van der Waals surface area (Å²) in [6.07, 6.45) is 1.01. The molecule has 3 aromatic rings. The van der Waals surface area contributed by atoms with Gasteiger partial charge in [0.1, 0.15) is 23.1 Å². The number of ether oxygens (including phenoxy) is 3. The molecule has 0 saturated heterocycles. The van der Waals surface area contributed by atoms with E-state index in [0.717, 1.165) is 28.8 Å². The van der Waals surface area contributed by atoms with Crippen LogP contribution in [0.2, 0.25) is 0 Å². The predicted molar refractivity (Wildman–Crippen MR) is 121 cm³/mol. The van der Waals surface area contributed by atoms with Gasteiger partial charge in [0.05, 0.1) is 31.4 Å². The van der Waals surface area contributed by atoms with E-state index in [2.05, 4.69) is 54.4 Å². The number of hydrogen-bond donors (Lipinski definition) is 2. The second kappa shape index (κ2) is 8.67. The number of hydrogen-bond acceptors (Lipinski definition) is 6. The highest BCUT2D eigenvalue weighted by Gasteiger charge is 2.37. The first-order chi connectivity index (χ1) is 15.5. The summed E-state index contributed by atoms with van der Waals surface area (Å²) in [6, 6.07) is 16.1. The molecule has 1 atom stereocenters. The molecule has 2 aromatic carbocycles. The van der Waals surface area contributed by atoms with Crippen molar-refractivity contribution >= 4 is 0 Å². The number of nitrogens with two attached hydrogens (primary N) is 1. The number of allylic oxidation sites excluding steroid dienone is 1. The minimum atomic E-state index is -0.506. The van der Waals surface area contributed by atoms with E-state index in [0.29, 0.717) is 28.9 Å². The minimum Gasteiger partial charge on any atom is -0.497 e. The standard InChI is InChI=1S/C25H26N4O3/c1-14(2)11-15-5-7-16(8-6-15)23-22-21(18-10-9-17(30-3)12-20(18)31-4)19(13-26)24(27)32-25(22)29-28-23/h5-10,12,14,21H,11,27H2,1-4H3,(H,28,29)/t21-/m1/s1. The lowest BCUT2D eigenvalue weighted by Crippen LogP contribution is -2.21. The number of rotatable bonds is 6. The number of benzene rings is 2. The summed E-state index contributed by atoms with van der Waals surface area (Å²) < 4.78 is 16.7. The van der Waals surface area contributed by atoms with Gasteiger partial charge in [0.15, 0.2) is 0 Å². The Hall–Kier alpha value is -3.92. The molecule has 0 saturated carbocycles. The van der Waals surface area contributed by atoms with E-state index in [4.69, 9.17) is 19.9 Å². The highest BCUT2D eigenvalue weighted by molar-refractivity contribution is 5.72. The van der Waals surface area contributed by atoms with Gasteiger partial charge in [0, 0.05) is 17.2 Å². The van der Waals surface area contributed by atoms with E-state index >= 15 is 0 Å². The Morgan fingerprint density at radius 3 is 2.53 bits per heavy atom. The molecule has 0 spiro atoms. The van der Waals surface area contributed by atoms with Crippen LogP contribution in [-0.2, 0) is 6.42 Å². The van der Waals surface area contributed by atoms with Crippen molar-refractivity contribution in [2.45, 2.75) is 26.2 Å². The van der Waals surface area contributed by atoms with Crippen LogP contribution in [0.3, 0.4) is 0 Å². The van der Waals surface area contributed by atoms with Crippen LogP contribution in [0.25, 0.3) is 11.3 Å². The van der Waals surface area contributed by atoms with Gasteiger partial charge in [-0.3, -0.25) is 5.10 Å². The molecular formula is C25H26N4O3. The Labute approximate surface area is 187 Å². The monoisotopic (exact) mass is 430 g/mol. The fourth-order valence-electron chi connectivity index (χ4n) is 4.11. The second-order valence-corrected chi connectivity index (χ2v) is 8.15. The van der Waals surface area contributed by atoms with Gasteiger partial charge in [0.25, 0.3) is 0 Å². The van der Waals surface area contributed by atoms with E-state index in [1.165, 1.54) is 5.56 Å². The Morgan fingerprint density at radius 2 is 1.91 bits per heavy atom. The van der Waals surface area contributed by atoms with Crippen LogP contribution in [-0.4, -0.2) is 24.4 Å². The normalized spacial score (nSPS) is 15.2. The number of aromatic amines is 1. The zero-order valence-corrected chi connectivity index (χ0v) is 18.6. The number of H-pyrrole nitrogens is 1. The summed E-state index contributed by atoms with van der Waals surface area (Å²) in [4.78, 5) is 0. The maximum absolute atomic E-state index is 9.94. The molecule has 7 nitrogen and oxygen atoms in total. The molecule has 0 unspecified atom stereocenters. The van der Waals surface area contributed by atoms with Gasteiger partial charge in [-0.15, -0.1) is 5.10 Å². The molecule has 0 bridgehead atoms. The van der Waals surface area contributed by atoms with Crippen molar-refractivity contribution in [3.8, 4) is 34.7 Å².